The molecule has 0 aliphatic heterocycles. The lowest BCUT2D eigenvalue weighted by Gasteiger charge is -2.21. The van der Waals surface area contributed by atoms with Gasteiger partial charge in [0.2, 0.25) is 0 Å². The molecule has 0 spiro atoms. The third-order valence-electron chi connectivity index (χ3n) is 3.57. The van der Waals surface area contributed by atoms with Crippen LogP contribution in [-0.2, 0) is 13.1 Å². The molecule has 124 valence electrons. The van der Waals surface area contributed by atoms with Crippen LogP contribution in [0.4, 0.5) is 0 Å². The molecule has 3 nitrogen and oxygen atoms in total. The highest BCUT2D eigenvalue weighted by Crippen LogP contribution is 2.30. The maximum absolute atomic E-state index is 7.76. The summed E-state index contributed by atoms with van der Waals surface area (Å²) in [6.07, 6.45) is 4.51. The third kappa shape index (κ3) is 4.82. The van der Waals surface area contributed by atoms with E-state index in [0.29, 0.717) is 13.1 Å². The second-order valence-electron chi connectivity index (χ2n) is 5.18. The summed E-state index contributed by atoms with van der Waals surface area (Å²) in [4.78, 5) is 3.06. The second kappa shape index (κ2) is 9.20. The van der Waals surface area contributed by atoms with Crippen LogP contribution in [0.15, 0.2) is 52.3 Å². The quantitative estimate of drug-likeness (QED) is 0.364. The van der Waals surface area contributed by atoms with Crippen molar-refractivity contribution in [2.24, 2.45) is 0 Å². The monoisotopic (exact) mass is 465 g/mol. The second-order valence-corrected chi connectivity index (χ2v) is 7.60. The Labute approximate surface area is 162 Å². The van der Waals surface area contributed by atoms with Crippen LogP contribution >= 0.6 is 40.9 Å². The summed E-state index contributed by atoms with van der Waals surface area (Å²) in [7, 11) is 1.52. The maximum Gasteiger partial charge on any atom is 0.0823 e. The van der Waals surface area contributed by atoms with Gasteiger partial charge in [0.05, 0.1) is 6.34 Å². The highest BCUT2D eigenvalue weighted by molar-refractivity contribution is 9.50. The van der Waals surface area contributed by atoms with Crippen LogP contribution in [0.5, 0.6) is 0 Å². The fourth-order valence-electron chi connectivity index (χ4n) is 2.32. The van der Waals surface area contributed by atoms with Gasteiger partial charge in [0.15, 0.2) is 0 Å². The Kier molecular flexibility index (Phi) is 7.27. The normalized spacial score (nSPS) is 10.2. The molecule has 6 heteroatoms. The molecule has 0 atom stereocenters. The molecule has 0 aliphatic carbocycles. The summed E-state index contributed by atoms with van der Waals surface area (Å²) in [6.45, 7) is 5.04. The zero-order valence-corrected chi connectivity index (χ0v) is 16.9. The lowest BCUT2D eigenvalue weighted by Crippen LogP contribution is -2.21. The SMILES string of the molecule is C=Cc1ccc(SBr)c(CN(C=N)Cc2cc(C=N)ccc2Br)c1. The van der Waals surface area contributed by atoms with Gasteiger partial charge in [-0.15, -0.1) is 0 Å². The predicted octanol–water partition coefficient (Wildman–Crippen LogP) is 6.10. The fourth-order valence-corrected chi connectivity index (χ4v) is 3.98. The molecule has 2 aromatic rings. The molecule has 0 bridgehead atoms. The first-order valence-electron chi connectivity index (χ1n) is 7.18. The van der Waals surface area contributed by atoms with Crippen molar-refractivity contribution in [3.8, 4) is 0 Å². The average molecular weight is 467 g/mol. The molecule has 0 amide bonds. The lowest BCUT2D eigenvalue weighted by molar-refractivity contribution is 0.413. The first kappa shape index (κ1) is 19.0. The molecule has 24 heavy (non-hydrogen) atoms. The number of nitrogens with one attached hydrogen (secondary N) is 2. The van der Waals surface area contributed by atoms with Crippen molar-refractivity contribution in [1.82, 2.24) is 4.90 Å². The van der Waals surface area contributed by atoms with E-state index in [0.717, 1.165) is 31.6 Å². The van der Waals surface area contributed by atoms with E-state index in [2.05, 4.69) is 49.5 Å². The zero-order valence-electron chi connectivity index (χ0n) is 12.9. The Bertz CT molecular complexity index is 762. The Morgan fingerprint density at radius 1 is 1.04 bits per heavy atom. The minimum atomic E-state index is 0.594. The summed E-state index contributed by atoms with van der Waals surface area (Å²) in [5, 5.41) is 15.2. The van der Waals surface area contributed by atoms with Gasteiger partial charge in [-0.1, -0.05) is 40.7 Å². The molecule has 0 fully saturated rings. The fraction of sp³-hybridized carbons (Fsp3) is 0.111. The van der Waals surface area contributed by atoms with E-state index < -0.39 is 0 Å². The first-order chi connectivity index (χ1) is 11.6. The molecular weight excluding hydrogens is 450 g/mol. The van der Waals surface area contributed by atoms with Gasteiger partial charge in [-0.3, -0.25) is 5.41 Å². The zero-order chi connectivity index (χ0) is 17.5. The number of hydrogen-bond acceptors (Lipinski definition) is 3. The minimum Gasteiger partial charge on any atom is -0.354 e. The molecular formula is C18H17Br2N3S. The molecule has 0 heterocycles. The van der Waals surface area contributed by atoms with Gasteiger partial charge in [0.25, 0.3) is 0 Å². The maximum atomic E-state index is 7.76. The minimum absolute atomic E-state index is 0.594. The summed E-state index contributed by atoms with van der Waals surface area (Å²) >= 11 is 7.00. The predicted molar refractivity (Wildman–Crippen MR) is 111 cm³/mol. The third-order valence-corrected chi connectivity index (χ3v) is 5.95. The topological polar surface area (TPSA) is 50.9 Å². The molecule has 0 saturated carbocycles. The van der Waals surface area contributed by atoms with Crippen LogP contribution < -0.4 is 0 Å². The number of nitrogens with zero attached hydrogens (tertiary/aromatic N) is 1. The van der Waals surface area contributed by atoms with Crippen molar-refractivity contribution in [3.05, 3.63) is 69.7 Å². The Morgan fingerprint density at radius 3 is 2.33 bits per heavy atom. The summed E-state index contributed by atoms with van der Waals surface area (Å²) < 4.78 is 0.981. The van der Waals surface area contributed by atoms with Crippen molar-refractivity contribution in [2.45, 2.75) is 18.0 Å². The molecule has 0 radical (unpaired) electrons. The molecule has 2 rings (SSSR count). The van der Waals surface area contributed by atoms with Crippen LogP contribution in [-0.4, -0.2) is 17.5 Å². The average Bonchev–Trinajstić information content (AvgIpc) is 2.62. The molecule has 0 unspecified atom stereocenters. The number of benzene rings is 2. The summed E-state index contributed by atoms with van der Waals surface area (Å²) in [5.74, 6) is 0. The van der Waals surface area contributed by atoms with Gasteiger partial charge >= 0.3 is 0 Å². The van der Waals surface area contributed by atoms with Gasteiger partial charge in [-0.25, -0.2) is 0 Å². The van der Waals surface area contributed by atoms with E-state index in [-0.39, 0.29) is 0 Å². The molecule has 0 saturated heterocycles. The van der Waals surface area contributed by atoms with Crippen molar-refractivity contribution >= 4 is 59.6 Å². The van der Waals surface area contributed by atoms with Crippen LogP contribution in [0.1, 0.15) is 22.3 Å². The number of rotatable bonds is 8. The Hall–Kier alpha value is -1.37. The van der Waals surface area contributed by atoms with Gasteiger partial charge in [0.1, 0.15) is 0 Å². The largest absolute Gasteiger partial charge is 0.354 e. The lowest BCUT2D eigenvalue weighted by atomic mass is 10.1. The van der Waals surface area contributed by atoms with E-state index in [1.165, 1.54) is 22.7 Å². The van der Waals surface area contributed by atoms with Gasteiger partial charge < -0.3 is 10.3 Å². The van der Waals surface area contributed by atoms with Crippen LogP contribution in [0, 0.1) is 10.8 Å². The Morgan fingerprint density at radius 2 is 1.71 bits per heavy atom. The van der Waals surface area contributed by atoms with Crippen LogP contribution in [0.25, 0.3) is 6.08 Å². The van der Waals surface area contributed by atoms with E-state index in [9.17, 15) is 0 Å². The van der Waals surface area contributed by atoms with Gasteiger partial charge in [0, 0.05) is 28.7 Å². The van der Waals surface area contributed by atoms with Crippen molar-refractivity contribution < 1.29 is 0 Å². The van der Waals surface area contributed by atoms with Crippen molar-refractivity contribution in [3.63, 3.8) is 0 Å². The summed E-state index contributed by atoms with van der Waals surface area (Å²) in [6, 6.07) is 12.0. The van der Waals surface area contributed by atoms with Crippen molar-refractivity contribution in [2.75, 3.05) is 0 Å². The first-order valence-corrected chi connectivity index (χ1v) is 10.6. The smallest absolute Gasteiger partial charge is 0.0823 e. The molecule has 2 aromatic carbocycles. The molecule has 2 N–H and O–H groups in total. The highest BCUT2D eigenvalue weighted by Gasteiger charge is 2.10. The molecule has 0 aromatic heterocycles. The van der Waals surface area contributed by atoms with E-state index in [1.54, 1.807) is 0 Å². The van der Waals surface area contributed by atoms with Gasteiger partial charge in [-0.05, 0) is 71.5 Å². The standard InChI is InChI=1S/C18H17Br2N3S/c1-2-13-4-6-18(24-20)16(7-13)11-23(12-22)10-15-8-14(9-21)3-5-17(15)19/h2-9,12,21-22H,1,10-11H2. The van der Waals surface area contributed by atoms with E-state index in [1.807, 2.05) is 35.2 Å². The number of hydrogen-bond donors (Lipinski definition) is 2. The van der Waals surface area contributed by atoms with Crippen molar-refractivity contribution in [1.29, 1.82) is 10.8 Å². The van der Waals surface area contributed by atoms with E-state index in [4.69, 9.17) is 10.8 Å². The highest BCUT2D eigenvalue weighted by atomic mass is 79.9. The Balaban J connectivity index is 2.25. The van der Waals surface area contributed by atoms with Gasteiger partial charge in [-0.2, -0.15) is 0 Å². The van der Waals surface area contributed by atoms with E-state index >= 15 is 0 Å². The number of halogens is 2. The summed E-state index contributed by atoms with van der Waals surface area (Å²) in [5.41, 5.74) is 4.10. The van der Waals surface area contributed by atoms with Crippen LogP contribution in [0.3, 0.4) is 0 Å². The molecule has 0 aliphatic rings. The van der Waals surface area contributed by atoms with Crippen LogP contribution in [0.2, 0.25) is 0 Å².